The first-order valence-electron chi connectivity index (χ1n) is 10.7. The van der Waals surface area contributed by atoms with Gasteiger partial charge in [0.1, 0.15) is 11.3 Å². The molecule has 1 heterocycles. The molecule has 1 aromatic rings. The van der Waals surface area contributed by atoms with Gasteiger partial charge in [-0.3, -0.25) is 4.79 Å². The maximum Gasteiger partial charge on any atom is 0.547 e. The van der Waals surface area contributed by atoms with Gasteiger partial charge in [-0.15, -0.1) is 0 Å². The molecule has 0 unspecified atom stereocenters. The summed E-state index contributed by atoms with van der Waals surface area (Å²) >= 11 is 0. The van der Waals surface area contributed by atoms with Crippen LogP contribution in [0.15, 0.2) is 18.2 Å². The van der Waals surface area contributed by atoms with Gasteiger partial charge in [-0.1, -0.05) is 44.7 Å². The second-order valence-corrected chi connectivity index (χ2v) is 7.70. The minimum absolute atomic E-state index is 0.180. The molecule has 0 bridgehead atoms. The Kier molecular flexibility index (Phi) is 9.67. The van der Waals surface area contributed by atoms with Gasteiger partial charge in [0.25, 0.3) is 0 Å². The molecule has 0 saturated heterocycles. The lowest BCUT2D eigenvalue weighted by Crippen LogP contribution is -2.53. The van der Waals surface area contributed by atoms with Crippen molar-refractivity contribution in [3.05, 3.63) is 29.3 Å². The molecule has 172 valence electrons. The molecule has 1 aliphatic heterocycles. The van der Waals surface area contributed by atoms with Gasteiger partial charge in [0.15, 0.2) is 0 Å². The lowest BCUT2D eigenvalue weighted by atomic mass is 9.72. The van der Waals surface area contributed by atoms with Gasteiger partial charge in [-0.05, 0) is 30.9 Å². The van der Waals surface area contributed by atoms with Gasteiger partial charge in [-0.2, -0.15) is 13.2 Å². The van der Waals surface area contributed by atoms with E-state index in [1.165, 1.54) is 0 Å². The van der Waals surface area contributed by atoms with Crippen LogP contribution in [0.1, 0.15) is 74.2 Å². The van der Waals surface area contributed by atoms with Crippen molar-refractivity contribution in [1.29, 1.82) is 0 Å². The normalized spacial score (nSPS) is 15.8. The zero-order chi connectivity index (χ0) is 22.9. The first kappa shape index (κ1) is 25.0. The third kappa shape index (κ3) is 8.43. The van der Waals surface area contributed by atoms with Gasteiger partial charge in [0.2, 0.25) is 5.91 Å². The second-order valence-electron chi connectivity index (χ2n) is 7.70. The summed E-state index contributed by atoms with van der Waals surface area (Å²) in [4.78, 5) is 24.3. The number of hydrogen-bond donors (Lipinski definition) is 2. The monoisotopic (exact) mass is 443 g/mol. The van der Waals surface area contributed by atoms with Crippen molar-refractivity contribution in [1.82, 2.24) is 5.32 Å². The van der Waals surface area contributed by atoms with Crippen molar-refractivity contribution in [2.24, 2.45) is 0 Å². The minimum Gasteiger partial charge on any atom is -0.534 e. The number of fused-ring (bicyclic) bond motifs is 1. The van der Waals surface area contributed by atoms with E-state index in [0.717, 1.165) is 32.1 Å². The first-order valence-corrected chi connectivity index (χ1v) is 10.7. The number of nitrogens with one attached hydrogen (secondary N) is 1. The zero-order valence-corrected chi connectivity index (χ0v) is 17.7. The SMILES string of the molecule is CCCCCCCOC(=O)c1cccc2c1OB(O)[C@@H](NC(=O)CCCC(F)(F)F)C2. The van der Waals surface area contributed by atoms with Crippen LogP contribution in [0.2, 0.25) is 0 Å². The molecule has 0 radical (unpaired) electrons. The van der Waals surface area contributed by atoms with E-state index >= 15 is 0 Å². The topological polar surface area (TPSA) is 84.9 Å². The molecule has 1 aromatic carbocycles. The van der Waals surface area contributed by atoms with Gasteiger partial charge < -0.3 is 19.7 Å². The Morgan fingerprint density at radius 1 is 1.23 bits per heavy atom. The number of unbranched alkanes of at least 4 members (excludes halogenated alkanes) is 4. The van der Waals surface area contributed by atoms with Crippen LogP contribution in [0.3, 0.4) is 0 Å². The molecule has 0 aliphatic carbocycles. The van der Waals surface area contributed by atoms with E-state index in [4.69, 9.17) is 9.39 Å². The van der Waals surface area contributed by atoms with Gasteiger partial charge in [-0.25, -0.2) is 4.79 Å². The van der Waals surface area contributed by atoms with Crippen molar-refractivity contribution >= 4 is 19.0 Å². The van der Waals surface area contributed by atoms with Crippen LogP contribution < -0.4 is 9.97 Å². The highest BCUT2D eigenvalue weighted by molar-refractivity contribution is 6.47. The van der Waals surface area contributed by atoms with Crippen LogP contribution in [0.4, 0.5) is 13.2 Å². The molecule has 31 heavy (non-hydrogen) atoms. The molecule has 2 rings (SSSR count). The average Bonchev–Trinajstić information content (AvgIpc) is 2.69. The Morgan fingerprint density at radius 2 is 1.97 bits per heavy atom. The Labute approximate surface area is 180 Å². The first-order chi connectivity index (χ1) is 14.7. The van der Waals surface area contributed by atoms with Crippen LogP contribution in [-0.4, -0.2) is 42.7 Å². The predicted molar refractivity (Wildman–Crippen MR) is 110 cm³/mol. The molecule has 0 spiro atoms. The van der Waals surface area contributed by atoms with E-state index < -0.39 is 37.5 Å². The fourth-order valence-electron chi connectivity index (χ4n) is 3.39. The van der Waals surface area contributed by atoms with Crippen molar-refractivity contribution in [2.45, 2.75) is 76.8 Å². The Bertz CT molecular complexity index is 744. The summed E-state index contributed by atoms with van der Waals surface area (Å²) in [7, 11) is -1.43. The second kappa shape index (κ2) is 12.0. The number of ether oxygens (including phenoxy) is 1. The minimum atomic E-state index is -4.31. The summed E-state index contributed by atoms with van der Waals surface area (Å²) in [5.41, 5.74) is 0.795. The van der Waals surface area contributed by atoms with E-state index in [1.807, 2.05) is 0 Å². The van der Waals surface area contributed by atoms with Crippen molar-refractivity contribution < 1.29 is 37.2 Å². The maximum atomic E-state index is 12.4. The Balaban J connectivity index is 1.90. The van der Waals surface area contributed by atoms with E-state index in [-0.39, 0.29) is 30.6 Å². The number of rotatable bonds is 11. The van der Waals surface area contributed by atoms with E-state index in [1.54, 1.807) is 18.2 Å². The largest absolute Gasteiger partial charge is 0.547 e. The van der Waals surface area contributed by atoms with Crippen molar-refractivity contribution in [2.75, 3.05) is 6.61 Å². The average molecular weight is 443 g/mol. The van der Waals surface area contributed by atoms with E-state index in [0.29, 0.717) is 12.2 Å². The Hall–Kier alpha value is -2.23. The van der Waals surface area contributed by atoms with E-state index in [2.05, 4.69) is 12.2 Å². The molecule has 0 saturated carbocycles. The number of para-hydroxylation sites is 1. The van der Waals surface area contributed by atoms with Crippen LogP contribution >= 0.6 is 0 Å². The van der Waals surface area contributed by atoms with Crippen LogP contribution in [-0.2, 0) is 16.0 Å². The maximum absolute atomic E-state index is 12.4. The van der Waals surface area contributed by atoms with Crippen molar-refractivity contribution in [3.63, 3.8) is 0 Å². The highest BCUT2D eigenvalue weighted by Gasteiger charge is 2.38. The molecule has 2 N–H and O–H groups in total. The number of amides is 1. The highest BCUT2D eigenvalue weighted by Crippen LogP contribution is 2.31. The predicted octanol–water partition coefficient (Wildman–Crippen LogP) is 3.99. The molecule has 6 nitrogen and oxygen atoms in total. The number of hydrogen-bond acceptors (Lipinski definition) is 5. The number of alkyl halides is 3. The number of carbonyl (C=O) groups is 2. The lowest BCUT2D eigenvalue weighted by molar-refractivity contribution is -0.137. The third-order valence-corrected chi connectivity index (χ3v) is 5.03. The van der Waals surface area contributed by atoms with Gasteiger partial charge >= 0.3 is 19.3 Å². The number of carbonyl (C=O) groups excluding carboxylic acids is 2. The molecule has 1 amide bonds. The molecule has 10 heteroatoms. The molecular weight excluding hydrogens is 414 g/mol. The van der Waals surface area contributed by atoms with Crippen LogP contribution in [0, 0.1) is 0 Å². The molecule has 1 aliphatic rings. The van der Waals surface area contributed by atoms with Gasteiger partial charge in [0.05, 0.1) is 12.5 Å². The number of benzene rings is 1. The summed E-state index contributed by atoms with van der Waals surface area (Å²) < 4.78 is 47.4. The number of esters is 1. The number of halogens is 3. The summed E-state index contributed by atoms with van der Waals surface area (Å²) in [6.45, 7) is 2.42. The third-order valence-electron chi connectivity index (χ3n) is 5.03. The highest BCUT2D eigenvalue weighted by atomic mass is 19.4. The summed E-state index contributed by atoms with van der Waals surface area (Å²) in [5, 5.41) is 12.8. The Morgan fingerprint density at radius 3 is 2.68 bits per heavy atom. The fourth-order valence-corrected chi connectivity index (χ4v) is 3.39. The molecule has 0 aromatic heterocycles. The molecular formula is C21H29BF3NO5. The summed E-state index contributed by atoms with van der Waals surface area (Å²) in [5.74, 6) is -1.77. The smallest absolute Gasteiger partial charge is 0.534 e. The van der Waals surface area contributed by atoms with Gasteiger partial charge in [0, 0.05) is 12.8 Å². The standard InChI is InChI=1S/C21H29BF3NO5/c1-2-3-4-5-6-13-30-20(28)16-10-7-9-15-14-17(22(29)31-19(15)16)26-18(27)11-8-12-21(23,24)25/h7,9-10,17,29H,2-6,8,11-14H2,1H3,(H,26,27)/t17-/m0/s1. The van der Waals surface area contributed by atoms with Crippen LogP contribution in [0.25, 0.3) is 0 Å². The van der Waals surface area contributed by atoms with E-state index in [9.17, 15) is 27.8 Å². The van der Waals surface area contributed by atoms with Crippen molar-refractivity contribution in [3.8, 4) is 5.75 Å². The fraction of sp³-hybridized carbons (Fsp3) is 0.619. The zero-order valence-electron chi connectivity index (χ0n) is 17.7. The molecule has 1 atom stereocenters. The summed E-state index contributed by atoms with van der Waals surface area (Å²) in [6.07, 6.45) is -0.696. The molecule has 0 fully saturated rings. The van der Waals surface area contributed by atoms with Crippen LogP contribution in [0.5, 0.6) is 5.75 Å². The lowest BCUT2D eigenvalue weighted by Gasteiger charge is -2.29. The summed E-state index contributed by atoms with van der Waals surface area (Å²) in [6, 6.07) is 4.90. The quantitative estimate of drug-likeness (QED) is 0.307.